The van der Waals surface area contributed by atoms with Crippen molar-refractivity contribution in [2.45, 2.75) is 18.4 Å². The van der Waals surface area contributed by atoms with Crippen LogP contribution in [0.2, 0.25) is 0 Å². The standard InChI is InChI=1S/C6H9N3/c7-5-3-4(5)6-8-1-2-9-6/h1-2,4-5H,3,7H2,(H,8,9)/t4-,5+/m1/s1. The molecule has 0 aromatic carbocycles. The van der Waals surface area contributed by atoms with E-state index in [2.05, 4.69) is 9.97 Å². The van der Waals surface area contributed by atoms with Crippen LogP contribution in [0.5, 0.6) is 0 Å². The third-order valence-corrected chi connectivity index (χ3v) is 1.71. The van der Waals surface area contributed by atoms with E-state index in [9.17, 15) is 0 Å². The van der Waals surface area contributed by atoms with Gasteiger partial charge in [0, 0.05) is 24.4 Å². The molecule has 0 bridgehead atoms. The lowest BCUT2D eigenvalue weighted by molar-refractivity contribution is 0.914. The molecule has 0 unspecified atom stereocenters. The highest BCUT2D eigenvalue weighted by atomic mass is 14.9. The van der Waals surface area contributed by atoms with Gasteiger partial charge in [0.2, 0.25) is 0 Å². The summed E-state index contributed by atoms with van der Waals surface area (Å²) in [6.07, 6.45) is 4.69. The van der Waals surface area contributed by atoms with Gasteiger partial charge in [-0.1, -0.05) is 0 Å². The van der Waals surface area contributed by atoms with Crippen LogP contribution in [0.1, 0.15) is 18.2 Å². The highest BCUT2D eigenvalue weighted by Crippen LogP contribution is 2.36. The van der Waals surface area contributed by atoms with Crippen molar-refractivity contribution in [3.63, 3.8) is 0 Å². The van der Waals surface area contributed by atoms with Gasteiger partial charge in [0.05, 0.1) is 0 Å². The summed E-state index contributed by atoms with van der Waals surface area (Å²) >= 11 is 0. The third kappa shape index (κ3) is 0.733. The first-order valence-electron chi connectivity index (χ1n) is 3.13. The van der Waals surface area contributed by atoms with Crippen LogP contribution in [-0.2, 0) is 0 Å². The normalized spacial score (nSPS) is 32.6. The molecule has 0 amide bonds. The molecule has 0 saturated heterocycles. The average molecular weight is 123 g/mol. The summed E-state index contributed by atoms with van der Waals surface area (Å²) in [5.74, 6) is 1.56. The number of H-pyrrole nitrogens is 1. The molecule has 0 radical (unpaired) electrons. The molecule has 1 aromatic heterocycles. The monoisotopic (exact) mass is 123 g/mol. The summed E-state index contributed by atoms with van der Waals surface area (Å²) < 4.78 is 0. The van der Waals surface area contributed by atoms with Crippen molar-refractivity contribution in [1.82, 2.24) is 9.97 Å². The van der Waals surface area contributed by atoms with Gasteiger partial charge >= 0.3 is 0 Å². The maximum absolute atomic E-state index is 5.60. The molecule has 48 valence electrons. The van der Waals surface area contributed by atoms with Crippen LogP contribution < -0.4 is 5.73 Å². The number of hydrogen-bond acceptors (Lipinski definition) is 2. The Balaban J connectivity index is 2.18. The second-order valence-corrected chi connectivity index (χ2v) is 2.48. The van der Waals surface area contributed by atoms with Crippen molar-refractivity contribution in [3.8, 4) is 0 Å². The quantitative estimate of drug-likeness (QED) is 0.561. The Hall–Kier alpha value is -0.830. The maximum Gasteiger partial charge on any atom is 0.110 e. The predicted molar refractivity (Wildman–Crippen MR) is 33.9 cm³/mol. The van der Waals surface area contributed by atoms with Crippen molar-refractivity contribution >= 4 is 0 Å². The first kappa shape index (κ1) is 4.99. The van der Waals surface area contributed by atoms with E-state index in [1.54, 1.807) is 6.20 Å². The molecule has 3 heteroatoms. The maximum atomic E-state index is 5.60. The highest BCUT2D eigenvalue weighted by molar-refractivity contribution is 5.12. The SMILES string of the molecule is N[C@H]1C[C@H]1c1ncc[nH]1. The van der Waals surface area contributed by atoms with Crippen LogP contribution >= 0.6 is 0 Å². The molecule has 2 atom stereocenters. The molecule has 0 aliphatic heterocycles. The van der Waals surface area contributed by atoms with Crippen LogP contribution in [0.3, 0.4) is 0 Å². The predicted octanol–water partition coefficient (Wildman–Crippen LogP) is 0.224. The van der Waals surface area contributed by atoms with E-state index in [1.165, 1.54) is 0 Å². The first-order valence-corrected chi connectivity index (χ1v) is 3.13. The zero-order valence-corrected chi connectivity index (χ0v) is 5.04. The molecule has 1 fully saturated rings. The second-order valence-electron chi connectivity index (χ2n) is 2.48. The Morgan fingerprint density at radius 2 is 2.56 bits per heavy atom. The Morgan fingerprint density at radius 3 is 3.00 bits per heavy atom. The molecule has 1 aliphatic carbocycles. The molecule has 3 N–H and O–H groups in total. The summed E-state index contributed by atoms with van der Waals surface area (Å²) in [4.78, 5) is 7.13. The summed E-state index contributed by atoms with van der Waals surface area (Å²) in [5.41, 5.74) is 5.60. The molecule has 1 aliphatic rings. The fourth-order valence-corrected chi connectivity index (χ4v) is 1.01. The third-order valence-electron chi connectivity index (χ3n) is 1.71. The lowest BCUT2D eigenvalue weighted by atomic mass is 10.4. The summed E-state index contributed by atoms with van der Waals surface area (Å²) in [6.45, 7) is 0. The van der Waals surface area contributed by atoms with Gasteiger partial charge in [-0.3, -0.25) is 0 Å². The topological polar surface area (TPSA) is 54.7 Å². The van der Waals surface area contributed by atoms with E-state index in [-0.39, 0.29) is 0 Å². The Kier molecular flexibility index (Phi) is 0.873. The highest BCUT2D eigenvalue weighted by Gasteiger charge is 2.36. The van der Waals surface area contributed by atoms with E-state index < -0.39 is 0 Å². The van der Waals surface area contributed by atoms with Gasteiger partial charge in [0.25, 0.3) is 0 Å². The number of nitrogens with one attached hydrogen (secondary N) is 1. The van der Waals surface area contributed by atoms with Crippen molar-refractivity contribution in [1.29, 1.82) is 0 Å². The van der Waals surface area contributed by atoms with E-state index in [0.29, 0.717) is 12.0 Å². The zero-order chi connectivity index (χ0) is 6.27. The molecule has 3 nitrogen and oxygen atoms in total. The van der Waals surface area contributed by atoms with Crippen molar-refractivity contribution in [3.05, 3.63) is 18.2 Å². The van der Waals surface area contributed by atoms with Crippen LogP contribution in [0.15, 0.2) is 12.4 Å². The van der Waals surface area contributed by atoms with Crippen LogP contribution in [0.4, 0.5) is 0 Å². The number of aromatic amines is 1. The summed E-state index contributed by atoms with van der Waals surface area (Å²) in [7, 11) is 0. The molecular weight excluding hydrogens is 114 g/mol. The zero-order valence-electron chi connectivity index (χ0n) is 5.04. The smallest absolute Gasteiger partial charge is 0.110 e. The van der Waals surface area contributed by atoms with Crippen LogP contribution in [0.25, 0.3) is 0 Å². The fourth-order valence-electron chi connectivity index (χ4n) is 1.01. The molecule has 9 heavy (non-hydrogen) atoms. The van der Waals surface area contributed by atoms with Gasteiger partial charge in [-0.05, 0) is 6.42 Å². The molecular formula is C6H9N3. The molecule has 1 heterocycles. The van der Waals surface area contributed by atoms with Crippen LogP contribution in [-0.4, -0.2) is 16.0 Å². The largest absolute Gasteiger partial charge is 0.348 e. The van der Waals surface area contributed by atoms with E-state index in [4.69, 9.17) is 5.73 Å². The van der Waals surface area contributed by atoms with Gasteiger partial charge in [-0.2, -0.15) is 0 Å². The van der Waals surface area contributed by atoms with E-state index >= 15 is 0 Å². The van der Waals surface area contributed by atoms with E-state index in [0.717, 1.165) is 12.2 Å². The van der Waals surface area contributed by atoms with Gasteiger partial charge in [-0.15, -0.1) is 0 Å². The average Bonchev–Trinajstić information content (AvgIpc) is 2.44. The van der Waals surface area contributed by atoms with Gasteiger partial charge in [-0.25, -0.2) is 4.98 Å². The number of rotatable bonds is 1. The summed E-state index contributed by atoms with van der Waals surface area (Å²) in [5, 5.41) is 0. The van der Waals surface area contributed by atoms with Crippen molar-refractivity contribution in [2.24, 2.45) is 5.73 Å². The Bertz CT molecular complexity index is 192. The minimum Gasteiger partial charge on any atom is -0.348 e. The number of nitrogens with two attached hydrogens (primary N) is 1. The Morgan fingerprint density at radius 1 is 1.78 bits per heavy atom. The van der Waals surface area contributed by atoms with Crippen LogP contribution in [0, 0.1) is 0 Å². The minimum atomic E-state index is 0.358. The minimum absolute atomic E-state index is 0.358. The second kappa shape index (κ2) is 1.57. The number of imidazole rings is 1. The number of nitrogens with zero attached hydrogens (tertiary/aromatic N) is 1. The molecule has 0 spiro atoms. The van der Waals surface area contributed by atoms with Crippen molar-refractivity contribution < 1.29 is 0 Å². The molecule has 1 aromatic rings. The lowest BCUT2D eigenvalue weighted by Crippen LogP contribution is -2.01. The number of aromatic nitrogens is 2. The van der Waals surface area contributed by atoms with Gasteiger partial charge < -0.3 is 10.7 Å². The van der Waals surface area contributed by atoms with Crippen molar-refractivity contribution in [2.75, 3.05) is 0 Å². The number of hydrogen-bond donors (Lipinski definition) is 2. The van der Waals surface area contributed by atoms with Gasteiger partial charge in [0.15, 0.2) is 0 Å². The molecule has 2 rings (SSSR count). The molecule has 1 saturated carbocycles. The fraction of sp³-hybridized carbons (Fsp3) is 0.500. The first-order chi connectivity index (χ1) is 4.38. The van der Waals surface area contributed by atoms with E-state index in [1.807, 2.05) is 6.20 Å². The summed E-state index contributed by atoms with van der Waals surface area (Å²) in [6, 6.07) is 0.358. The lowest BCUT2D eigenvalue weighted by Gasteiger charge is -1.86. The van der Waals surface area contributed by atoms with Gasteiger partial charge in [0.1, 0.15) is 5.82 Å². The Labute approximate surface area is 53.3 Å².